The highest BCUT2D eigenvalue weighted by Gasteiger charge is 2.30. The van der Waals surface area contributed by atoms with Gasteiger partial charge in [0, 0.05) is 22.6 Å². The molecule has 0 bridgehead atoms. The zero-order chi connectivity index (χ0) is 12.9. The number of hydrogen-bond donors (Lipinski definition) is 0. The molecule has 0 saturated carbocycles. The van der Waals surface area contributed by atoms with Crippen molar-refractivity contribution in [2.45, 2.75) is 13.3 Å². The lowest BCUT2D eigenvalue weighted by molar-refractivity contribution is 0.101. The van der Waals surface area contributed by atoms with E-state index >= 15 is 0 Å². The Morgan fingerprint density at radius 2 is 2.00 bits per heavy atom. The van der Waals surface area contributed by atoms with Gasteiger partial charge in [-0.2, -0.15) is 0 Å². The van der Waals surface area contributed by atoms with Gasteiger partial charge in [-0.3, -0.25) is 4.79 Å². The summed E-state index contributed by atoms with van der Waals surface area (Å²) < 4.78 is 5.58. The van der Waals surface area contributed by atoms with Crippen molar-refractivity contribution in [3.63, 3.8) is 0 Å². The molecule has 0 spiro atoms. The third-order valence-electron chi connectivity index (χ3n) is 3.21. The van der Waals surface area contributed by atoms with E-state index in [1.165, 1.54) is 0 Å². The van der Waals surface area contributed by atoms with Gasteiger partial charge in [-0.1, -0.05) is 31.2 Å². The van der Waals surface area contributed by atoms with Crippen LogP contribution in [0.1, 0.15) is 39.9 Å². The SMILES string of the molecule is C=C1c2ccc(Cl)cc2C(=O)c2oc(CC)cc21. The molecule has 1 aromatic heterocycles. The van der Waals surface area contributed by atoms with Crippen molar-refractivity contribution in [2.75, 3.05) is 0 Å². The number of aryl methyl sites for hydroxylation is 1. The Bertz CT molecular complexity index is 680. The fourth-order valence-corrected chi connectivity index (χ4v) is 2.42. The second-order valence-electron chi connectivity index (χ2n) is 4.31. The van der Waals surface area contributed by atoms with Crippen LogP contribution >= 0.6 is 11.6 Å². The molecular formula is C15H11ClO2. The van der Waals surface area contributed by atoms with E-state index in [4.69, 9.17) is 16.0 Å². The molecule has 0 amide bonds. The second kappa shape index (κ2) is 3.85. The number of benzene rings is 1. The third kappa shape index (κ3) is 1.46. The van der Waals surface area contributed by atoms with Crippen LogP contribution in [-0.4, -0.2) is 5.78 Å². The van der Waals surface area contributed by atoms with Crippen LogP contribution in [0.25, 0.3) is 5.57 Å². The Morgan fingerprint density at radius 1 is 1.22 bits per heavy atom. The van der Waals surface area contributed by atoms with E-state index in [1.807, 2.05) is 19.1 Å². The molecular weight excluding hydrogens is 248 g/mol. The first-order valence-electron chi connectivity index (χ1n) is 5.78. The first kappa shape index (κ1) is 11.3. The summed E-state index contributed by atoms with van der Waals surface area (Å²) in [6, 6.07) is 7.17. The monoisotopic (exact) mass is 258 g/mol. The van der Waals surface area contributed by atoms with E-state index in [2.05, 4.69) is 6.58 Å². The summed E-state index contributed by atoms with van der Waals surface area (Å²) in [6.07, 6.45) is 0.755. The van der Waals surface area contributed by atoms with Gasteiger partial charge in [0.2, 0.25) is 5.78 Å². The van der Waals surface area contributed by atoms with E-state index < -0.39 is 0 Å². The second-order valence-corrected chi connectivity index (χ2v) is 4.74. The van der Waals surface area contributed by atoms with Crippen LogP contribution in [0.5, 0.6) is 0 Å². The predicted octanol–water partition coefficient (Wildman–Crippen LogP) is 4.10. The van der Waals surface area contributed by atoms with Crippen molar-refractivity contribution in [3.05, 3.63) is 64.1 Å². The highest BCUT2D eigenvalue weighted by atomic mass is 35.5. The van der Waals surface area contributed by atoms with E-state index in [0.29, 0.717) is 16.3 Å². The molecule has 3 heteroatoms. The van der Waals surface area contributed by atoms with E-state index in [-0.39, 0.29) is 5.78 Å². The molecule has 1 aromatic carbocycles. The maximum Gasteiger partial charge on any atom is 0.229 e. The number of carbonyl (C=O) groups excluding carboxylic acids is 1. The number of hydrogen-bond acceptors (Lipinski definition) is 2. The van der Waals surface area contributed by atoms with Gasteiger partial charge in [-0.25, -0.2) is 0 Å². The number of fused-ring (bicyclic) bond motifs is 2. The molecule has 2 nitrogen and oxygen atoms in total. The summed E-state index contributed by atoms with van der Waals surface area (Å²) in [5.41, 5.74) is 3.02. The Hall–Kier alpha value is -1.80. The van der Waals surface area contributed by atoms with E-state index in [0.717, 1.165) is 28.9 Å². The summed E-state index contributed by atoms with van der Waals surface area (Å²) in [6.45, 7) is 6.04. The normalized spacial score (nSPS) is 13.4. The smallest absolute Gasteiger partial charge is 0.229 e. The number of carbonyl (C=O) groups is 1. The molecule has 0 aliphatic heterocycles. The lowest BCUT2D eigenvalue weighted by Crippen LogP contribution is -2.11. The molecule has 1 aliphatic rings. The van der Waals surface area contributed by atoms with Gasteiger partial charge in [0.1, 0.15) is 5.76 Å². The maximum atomic E-state index is 12.3. The first-order chi connectivity index (χ1) is 8.61. The van der Waals surface area contributed by atoms with Gasteiger partial charge in [-0.15, -0.1) is 0 Å². The van der Waals surface area contributed by atoms with Gasteiger partial charge in [0.05, 0.1) is 0 Å². The highest BCUT2D eigenvalue weighted by molar-refractivity contribution is 6.31. The molecule has 3 rings (SSSR count). The minimum Gasteiger partial charge on any atom is -0.457 e. The van der Waals surface area contributed by atoms with Gasteiger partial charge in [0.15, 0.2) is 5.76 Å². The standard InChI is InChI=1S/C15H11ClO2/c1-3-10-7-12-8(2)11-5-4-9(16)6-13(11)14(17)15(12)18-10/h4-7H,2-3H2,1H3. The molecule has 0 unspecified atom stereocenters. The zero-order valence-electron chi connectivity index (χ0n) is 9.92. The molecule has 0 radical (unpaired) electrons. The van der Waals surface area contributed by atoms with Gasteiger partial charge >= 0.3 is 0 Å². The average Bonchev–Trinajstić information content (AvgIpc) is 2.80. The van der Waals surface area contributed by atoms with Crippen LogP contribution in [-0.2, 0) is 6.42 Å². The fourth-order valence-electron chi connectivity index (χ4n) is 2.24. The minimum atomic E-state index is -0.116. The molecule has 1 aliphatic carbocycles. The average molecular weight is 259 g/mol. The molecule has 1 heterocycles. The number of rotatable bonds is 1. The van der Waals surface area contributed by atoms with Crippen molar-refractivity contribution in [1.29, 1.82) is 0 Å². The van der Waals surface area contributed by atoms with Gasteiger partial charge < -0.3 is 4.42 Å². The highest BCUT2D eigenvalue weighted by Crippen LogP contribution is 2.37. The minimum absolute atomic E-state index is 0.116. The lowest BCUT2D eigenvalue weighted by Gasteiger charge is -2.16. The zero-order valence-corrected chi connectivity index (χ0v) is 10.7. The van der Waals surface area contributed by atoms with Crippen LogP contribution in [0.4, 0.5) is 0 Å². The number of ketones is 1. The topological polar surface area (TPSA) is 30.2 Å². The summed E-state index contributed by atoms with van der Waals surface area (Å²) in [7, 11) is 0. The van der Waals surface area contributed by atoms with Crippen molar-refractivity contribution < 1.29 is 9.21 Å². The molecule has 0 saturated heterocycles. The number of furan rings is 1. The van der Waals surface area contributed by atoms with Crippen LogP contribution in [0.2, 0.25) is 5.02 Å². The van der Waals surface area contributed by atoms with Gasteiger partial charge in [-0.05, 0) is 29.3 Å². The van der Waals surface area contributed by atoms with Crippen molar-refractivity contribution in [3.8, 4) is 0 Å². The van der Waals surface area contributed by atoms with Gasteiger partial charge in [0.25, 0.3) is 0 Å². The lowest BCUT2D eigenvalue weighted by atomic mass is 9.86. The van der Waals surface area contributed by atoms with Crippen LogP contribution in [0.3, 0.4) is 0 Å². The predicted molar refractivity (Wildman–Crippen MR) is 71.1 cm³/mol. The summed E-state index contributed by atoms with van der Waals surface area (Å²) in [4.78, 5) is 12.3. The van der Waals surface area contributed by atoms with Crippen molar-refractivity contribution in [2.24, 2.45) is 0 Å². The molecule has 90 valence electrons. The Morgan fingerprint density at radius 3 is 2.72 bits per heavy atom. The van der Waals surface area contributed by atoms with Crippen LogP contribution < -0.4 is 0 Å². The number of halogens is 1. The van der Waals surface area contributed by atoms with Crippen LogP contribution in [0, 0.1) is 0 Å². The molecule has 2 aromatic rings. The molecule has 18 heavy (non-hydrogen) atoms. The fraction of sp³-hybridized carbons (Fsp3) is 0.133. The third-order valence-corrected chi connectivity index (χ3v) is 3.45. The van der Waals surface area contributed by atoms with E-state index in [9.17, 15) is 4.79 Å². The summed E-state index contributed by atoms with van der Waals surface area (Å²) >= 11 is 5.94. The Balaban J connectivity index is 2.26. The maximum absolute atomic E-state index is 12.3. The van der Waals surface area contributed by atoms with E-state index in [1.54, 1.807) is 12.1 Å². The largest absolute Gasteiger partial charge is 0.457 e. The Labute approximate surface area is 110 Å². The summed E-state index contributed by atoms with van der Waals surface area (Å²) in [5, 5.41) is 0.542. The van der Waals surface area contributed by atoms with Crippen LogP contribution in [0.15, 0.2) is 35.3 Å². The molecule has 0 fully saturated rings. The quantitative estimate of drug-likeness (QED) is 0.658. The Kier molecular flexibility index (Phi) is 2.42. The summed E-state index contributed by atoms with van der Waals surface area (Å²) in [5.74, 6) is 1.06. The van der Waals surface area contributed by atoms with Crippen molar-refractivity contribution >= 4 is 23.0 Å². The molecule has 0 atom stereocenters. The molecule has 0 N–H and O–H groups in total. The first-order valence-corrected chi connectivity index (χ1v) is 6.16. The van der Waals surface area contributed by atoms with Crippen molar-refractivity contribution in [1.82, 2.24) is 0 Å².